The summed E-state index contributed by atoms with van der Waals surface area (Å²) in [5.74, 6) is 0.630. The average molecular weight is 849 g/mol. The molecule has 2 N–H and O–H groups in total. The van der Waals surface area contributed by atoms with Crippen molar-refractivity contribution in [2.24, 2.45) is 9.98 Å². The minimum absolute atomic E-state index is 0.0164. The summed E-state index contributed by atoms with van der Waals surface area (Å²) in [5.41, 5.74) is -1.88. The molecule has 0 aliphatic carbocycles. The number of carbonyl (C=O) groups is 2. The molecule has 2 atom stereocenters. The van der Waals surface area contributed by atoms with E-state index in [0.717, 1.165) is 51.4 Å². The van der Waals surface area contributed by atoms with Crippen LogP contribution in [-0.2, 0) is 28.5 Å². The van der Waals surface area contributed by atoms with Crippen LogP contribution >= 0.6 is 0 Å². The van der Waals surface area contributed by atoms with E-state index in [1.54, 1.807) is 0 Å². The van der Waals surface area contributed by atoms with Gasteiger partial charge in [0.15, 0.2) is 22.9 Å². The third-order valence-corrected chi connectivity index (χ3v) is 12.3. The van der Waals surface area contributed by atoms with Crippen molar-refractivity contribution < 1.29 is 38.7 Å². The first kappa shape index (κ1) is 53.9. The van der Waals surface area contributed by atoms with Gasteiger partial charge in [0.25, 0.3) is 0 Å². The second-order valence-corrected chi connectivity index (χ2v) is 18.3. The molecule has 0 fully saturated rings. The van der Waals surface area contributed by atoms with Gasteiger partial charge in [-0.15, -0.1) is 0 Å². The summed E-state index contributed by atoms with van der Waals surface area (Å²) in [6.07, 6.45) is 42.0. The van der Waals surface area contributed by atoms with Crippen molar-refractivity contribution in [2.75, 3.05) is 39.6 Å². The highest BCUT2D eigenvalue weighted by molar-refractivity contribution is 5.79. The number of esters is 2. The quantitative estimate of drug-likeness (QED) is 0.0457. The van der Waals surface area contributed by atoms with E-state index in [1.165, 1.54) is 154 Å². The van der Waals surface area contributed by atoms with Gasteiger partial charge >= 0.3 is 11.9 Å². The van der Waals surface area contributed by atoms with Crippen LogP contribution in [0.4, 0.5) is 0 Å². The summed E-state index contributed by atoms with van der Waals surface area (Å²) in [6, 6.07) is 0. The number of hydrogen-bond acceptors (Lipinski definition) is 10. The van der Waals surface area contributed by atoms with Crippen LogP contribution in [0.3, 0.4) is 0 Å². The normalized spacial score (nSPS) is 18.6. The molecule has 2 aliphatic rings. The highest BCUT2D eigenvalue weighted by Gasteiger charge is 2.39. The molecule has 0 aromatic heterocycles. The van der Waals surface area contributed by atoms with Crippen molar-refractivity contribution in [3.05, 3.63) is 0 Å². The lowest BCUT2D eigenvalue weighted by Crippen LogP contribution is -2.39. The van der Waals surface area contributed by atoms with E-state index in [0.29, 0.717) is 37.5 Å². The Morgan fingerprint density at radius 1 is 0.450 bits per heavy atom. The smallest absolute Gasteiger partial charge is 0.305 e. The van der Waals surface area contributed by atoms with Gasteiger partial charge in [-0.05, 0) is 25.7 Å². The number of aliphatic hydroxyl groups excluding tert-OH is 2. The van der Waals surface area contributed by atoms with E-state index >= 15 is 0 Å². The number of nitrogens with zero attached hydrogens (tertiary/aromatic N) is 2. The number of carbonyl (C=O) groups excluding carboxylic acids is 2. The standard InChI is InChI=1S/C50H92N2O8/c1-3-5-7-9-11-13-15-17-19-21-23-25-27-29-31-37-47(55)59-43-49(39-53)41-57-45(51-49)35-33-34-36-46-52-50(40-54,42-58-46)44-60-48(56)38-32-30-28-26-24-22-20-18-16-14-12-10-8-6-4-2/h53-54H,3-44H2,1-2H3. The Morgan fingerprint density at radius 2 is 0.717 bits per heavy atom. The van der Waals surface area contributed by atoms with Crippen molar-refractivity contribution in [1.29, 1.82) is 0 Å². The molecule has 2 unspecified atom stereocenters. The third-order valence-electron chi connectivity index (χ3n) is 12.3. The van der Waals surface area contributed by atoms with Crippen LogP contribution in [0.1, 0.15) is 245 Å². The summed E-state index contributed by atoms with van der Waals surface area (Å²) in [6.45, 7) is 4.46. The zero-order valence-electron chi connectivity index (χ0n) is 38.9. The van der Waals surface area contributed by atoms with Crippen molar-refractivity contribution in [2.45, 2.75) is 256 Å². The molecule has 0 saturated heterocycles. The SMILES string of the molecule is CCCCCCCCCCCCCCCCCC(=O)OCC1(CO)COC(CCCCC2=NC(CO)(COC(=O)CCCCCCCCCCCCCCCCC)CO2)=N1. The molecule has 10 nitrogen and oxygen atoms in total. The number of ether oxygens (including phenoxy) is 4. The molecular weight excluding hydrogens is 757 g/mol. The molecule has 0 amide bonds. The lowest BCUT2D eigenvalue weighted by molar-refractivity contribution is -0.147. The largest absolute Gasteiger partial charge is 0.478 e. The van der Waals surface area contributed by atoms with Crippen LogP contribution in [0.15, 0.2) is 9.98 Å². The fraction of sp³-hybridized carbons (Fsp3) is 0.920. The topological polar surface area (TPSA) is 136 Å². The van der Waals surface area contributed by atoms with Gasteiger partial charge in [0.2, 0.25) is 0 Å². The second kappa shape index (κ2) is 36.3. The first-order valence-electron chi connectivity index (χ1n) is 25.4. The van der Waals surface area contributed by atoms with E-state index in [2.05, 4.69) is 23.8 Å². The fourth-order valence-corrected chi connectivity index (χ4v) is 8.16. The second-order valence-electron chi connectivity index (χ2n) is 18.3. The molecule has 0 radical (unpaired) electrons. The number of aliphatic hydroxyl groups is 2. The van der Waals surface area contributed by atoms with Crippen molar-refractivity contribution in [3.8, 4) is 0 Å². The van der Waals surface area contributed by atoms with Crippen molar-refractivity contribution >= 4 is 23.7 Å². The van der Waals surface area contributed by atoms with Crippen LogP contribution in [-0.4, -0.2) is 84.7 Å². The van der Waals surface area contributed by atoms with E-state index in [9.17, 15) is 19.8 Å². The molecule has 0 aromatic rings. The molecule has 2 aliphatic heterocycles. The first-order valence-corrected chi connectivity index (χ1v) is 25.4. The van der Waals surface area contributed by atoms with Gasteiger partial charge in [-0.2, -0.15) is 0 Å². The monoisotopic (exact) mass is 849 g/mol. The summed E-state index contributed by atoms with van der Waals surface area (Å²) in [7, 11) is 0. The third kappa shape index (κ3) is 27.0. The lowest BCUT2D eigenvalue weighted by atomic mass is 10.0. The Hall–Kier alpha value is -2.20. The summed E-state index contributed by atoms with van der Waals surface area (Å²) >= 11 is 0. The van der Waals surface area contributed by atoms with E-state index in [-0.39, 0.29) is 51.6 Å². The zero-order valence-corrected chi connectivity index (χ0v) is 38.9. The maximum absolute atomic E-state index is 12.4. The zero-order chi connectivity index (χ0) is 43.3. The van der Waals surface area contributed by atoms with Crippen LogP contribution in [0.2, 0.25) is 0 Å². The van der Waals surface area contributed by atoms with Gasteiger partial charge in [-0.3, -0.25) is 9.59 Å². The minimum atomic E-state index is -0.941. The Labute approximate surface area is 367 Å². The van der Waals surface area contributed by atoms with Gasteiger partial charge in [-0.1, -0.05) is 194 Å². The maximum Gasteiger partial charge on any atom is 0.305 e. The minimum Gasteiger partial charge on any atom is -0.478 e. The van der Waals surface area contributed by atoms with E-state index in [1.807, 2.05) is 0 Å². The fourth-order valence-electron chi connectivity index (χ4n) is 8.16. The Bertz CT molecular complexity index is 1050. The first-order chi connectivity index (χ1) is 29.4. The molecule has 10 heteroatoms. The van der Waals surface area contributed by atoms with Crippen LogP contribution in [0.25, 0.3) is 0 Å². The van der Waals surface area contributed by atoms with Gasteiger partial charge in [0.05, 0.1) is 13.2 Å². The molecular formula is C50H92N2O8. The molecule has 0 spiro atoms. The van der Waals surface area contributed by atoms with Crippen molar-refractivity contribution in [3.63, 3.8) is 0 Å². The maximum atomic E-state index is 12.4. The Balaban J connectivity index is 1.48. The molecule has 0 aromatic carbocycles. The van der Waals surface area contributed by atoms with Crippen LogP contribution < -0.4 is 0 Å². The van der Waals surface area contributed by atoms with Crippen molar-refractivity contribution in [1.82, 2.24) is 0 Å². The number of hydrogen-bond donors (Lipinski definition) is 2. The van der Waals surface area contributed by atoms with Gasteiger partial charge in [-0.25, -0.2) is 9.98 Å². The predicted octanol–water partition coefficient (Wildman–Crippen LogP) is 12.5. The van der Waals surface area contributed by atoms with Gasteiger partial charge in [0, 0.05) is 25.7 Å². The number of rotatable bonds is 43. The Kier molecular flexibility index (Phi) is 32.6. The summed E-state index contributed by atoms with van der Waals surface area (Å²) < 4.78 is 22.7. The lowest BCUT2D eigenvalue weighted by Gasteiger charge is -2.20. The van der Waals surface area contributed by atoms with Gasteiger partial charge in [0.1, 0.15) is 26.4 Å². The highest BCUT2D eigenvalue weighted by Crippen LogP contribution is 2.25. The molecule has 0 bridgehead atoms. The molecule has 2 rings (SSSR count). The summed E-state index contributed by atoms with van der Waals surface area (Å²) in [4.78, 5) is 34.1. The van der Waals surface area contributed by atoms with Crippen LogP contribution in [0.5, 0.6) is 0 Å². The predicted molar refractivity (Wildman–Crippen MR) is 246 cm³/mol. The molecule has 350 valence electrons. The Morgan fingerprint density at radius 3 is 0.983 bits per heavy atom. The van der Waals surface area contributed by atoms with E-state index in [4.69, 9.17) is 18.9 Å². The average Bonchev–Trinajstić information content (AvgIpc) is 3.88. The number of unbranched alkanes of at least 4 members (excludes halogenated alkanes) is 29. The number of aliphatic imine (C=N–C) groups is 2. The van der Waals surface area contributed by atoms with Gasteiger partial charge < -0.3 is 29.2 Å². The van der Waals surface area contributed by atoms with Crippen LogP contribution in [0, 0.1) is 0 Å². The highest BCUT2D eigenvalue weighted by atomic mass is 16.5. The summed E-state index contributed by atoms with van der Waals surface area (Å²) in [5, 5.41) is 20.2. The molecule has 2 heterocycles. The molecule has 60 heavy (non-hydrogen) atoms. The molecule has 0 saturated carbocycles. The van der Waals surface area contributed by atoms with E-state index < -0.39 is 11.1 Å².